The van der Waals surface area contributed by atoms with Gasteiger partial charge in [0, 0.05) is 26.3 Å². The van der Waals surface area contributed by atoms with Gasteiger partial charge in [0.15, 0.2) is 0 Å². The number of carbonyl (C=O) groups is 1. The fourth-order valence-electron chi connectivity index (χ4n) is 1.43. The van der Waals surface area contributed by atoms with Gasteiger partial charge in [-0.3, -0.25) is 4.79 Å². The zero-order valence-electron chi connectivity index (χ0n) is 11.6. The molecule has 0 aromatic carbocycles. The van der Waals surface area contributed by atoms with Gasteiger partial charge < -0.3 is 10.6 Å². The fraction of sp³-hybridized carbons (Fsp3) is 0.615. The minimum absolute atomic E-state index is 0.0369. The van der Waals surface area contributed by atoms with Gasteiger partial charge in [-0.05, 0) is 56.6 Å². The summed E-state index contributed by atoms with van der Waals surface area (Å²) >= 11 is 5.24. The molecule has 5 heteroatoms. The van der Waals surface area contributed by atoms with E-state index < -0.39 is 0 Å². The molecule has 0 aliphatic heterocycles. The number of halogens is 1. The van der Waals surface area contributed by atoms with Crippen LogP contribution in [0.2, 0.25) is 0 Å². The third-order valence-corrected chi connectivity index (χ3v) is 4.52. The lowest BCUT2D eigenvalue weighted by Gasteiger charge is -2.23. The van der Waals surface area contributed by atoms with Crippen molar-refractivity contribution in [1.82, 2.24) is 10.6 Å². The third-order valence-electron chi connectivity index (χ3n) is 2.38. The smallest absolute Gasteiger partial charge is 0.237 e. The summed E-state index contributed by atoms with van der Waals surface area (Å²) in [6, 6.07) is 1.91. The molecule has 0 aliphatic rings. The molecule has 0 fully saturated rings. The van der Waals surface area contributed by atoms with E-state index in [1.54, 1.807) is 11.3 Å². The van der Waals surface area contributed by atoms with E-state index in [1.807, 2.05) is 27.7 Å². The molecule has 3 nitrogen and oxygen atoms in total. The molecule has 2 N–H and O–H groups in total. The zero-order valence-corrected chi connectivity index (χ0v) is 14.0. The van der Waals surface area contributed by atoms with Crippen molar-refractivity contribution in [3.63, 3.8) is 0 Å². The van der Waals surface area contributed by atoms with Gasteiger partial charge in [-0.1, -0.05) is 0 Å². The summed E-state index contributed by atoms with van der Waals surface area (Å²) in [4.78, 5) is 14.4. The summed E-state index contributed by atoms with van der Waals surface area (Å²) in [5.41, 5.74) is -0.185. The fourth-order valence-corrected chi connectivity index (χ4v) is 2.98. The van der Waals surface area contributed by atoms with E-state index in [4.69, 9.17) is 0 Å². The quantitative estimate of drug-likeness (QED) is 0.888. The number of thiophene rings is 1. The van der Waals surface area contributed by atoms with Crippen molar-refractivity contribution in [2.45, 2.75) is 52.7 Å². The highest BCUT2D eigenvalue weighted by Crippen LogP contribution is 2.26. The van der Waals surface area contributed by atoms with E-state index in [9.17, 15) is 4.79 Å². The van der Waals surface area contributed by atoms with Gasteiger partial charge in [-0.15, -0.1) is 11.3 Å². The molecule has 0 spiro atoms. The van der Waals surface area contributed by atoms with Crippen LogP contribution in [0.15, 0.2) is 10.5 Å². The number of hydrogen-bond acceptors (Lipinski definition) is 3. The maximum atomic E-state index is 11.9. The van der Waals surface area contributed by atoms with Gasteiger partial charge in [0.1, 0.15) is 0 Å². The first-order chi connectivity index (χ1) is 8.19. The Labute approximate surface area is 121 Å². The normalized spacial score (nSPS) is 13.4. The molecule has 0 radical (unpaired) electrons. The van der Waals surface area contributed by atoms with Crippen molar-refractivity contribution in [3.8, 4) is 0 Å². The molecule has 1 heterocycles. The van der Waals surface area contributed by atoms with E-state index in [2.05, 4.69) is 39.6 Å². The van der Waals surface area contributed by atoms with E-state index in [0.717, 1.165) is 11.0 Å². The maximum absolute atomic E-state index is 11.9. The molecule has 0 bridgehead atoms. The van der Waals surface area contributed by atoms with Gasteiger partial charge in [-0.25, -0.2) is 0 Å². The number of aryl methyl sites for hydroxylation is 1. The minimum atomic E-state index is -0.189. The Kier molecular flexibility index (Phi) is 5.37. The van der Waals surface area contributed by atoms with Crippen molar-refractivity contribution in [2.24, 2.45) is 0 Å². The Bertz CT molecular complexity index is 404. The second-order valence-corrected chi connectivity index (χ2v) is 7.65. The summed E-state index contributed by atoms with van der Waals surface area (Å²) in [6.07, 6.45) is 0. The highest BCUT2D eigenvalue weighted by molar-refractivity contribution is 9.10. The van der Waals surface area contributed by atoms with Crippen LogP contribution in [0, 0.1) is 6.92 Å². The van der Waals surface area contributed by atoms with Gasteiger partial charge >= 0.3 is 0 Å². The molecular weight excluding hydrogens is 312 g/mol. The molecule has 1 rings (SSSR count). The Morgan fingerprint density at radius 1 is 1.50 bits per heavy atom. The first kappa shape index (κ1) is 15.7. The molecular formula is C13H21BrN2OS. The predicted molar refractivity (Wildman–Crippen MR) is 81.0 cm³/mol. The molecule has 0 aliphatic carbocycles. The molecule has 0 saturated carbocycles. The summed E-state index contributed by atoms with van der Waals surface area (Å²) in [6.45, 7) is 10.6. The number of hydrogen-bond donors (Lipinski definition) is 2. The molecule has 1 unspecified atom stereocenters. The summed E-state index contributed by atoms with van der Waals surface area (Å²) in [5, 5.41) is 6.20. The van der Waals surface area contributed by atoms with E-state index >= 15 is 0 Å². The van der Waals surface area contributed by atoms with Crippen LogP contribution in [-0.2, 0) is 11.3 Å². The van der Waals surface area contributed by atoms with Crippen molar-refractivity contribution >= 4 is 33.2 Å². The summed E-state index contributed by atoms with van der Waals surface area (Å²) in [7, 11) is 0. The van der Waals surface area contributed by atoms with Crippen LogP contribution in [0.5, 0.6) is 0 Å². The number of carbonyl (C=O) groups excluding carboxylic acids is 1. The third kappa shape index (κ3) is 5.08. The monoisotopic (exact) mass is 332 g/mol. The molecule has 1 amide bonds. The predicted octanol–water partition coefficient (Wildman–Crippen LogP) is 3.21. The second-order valence-electron chi connectivity index (χ2n) is 5.46. The largest absolute Gasteiger partial charge is 0.350 e. The number of nitrogens with one attached hydrogen (secondary N) is 2. The van der Waals surface area contributed by atoms with Gasteiger partial charge in [0.2, 0.25) is 5.91 Å². The SMILES string of the molecule is Cc1sc(CNC(C)C(=O)NC(C)(C)C)cc1Br. The Hall–Kier alpha value is -0.390. The first-order valence-corrected chi connectivity index (χ1v) is 7.60. The van der Waals surface area contributed by atoms with Gasteiger partial charge in [-0.2, -0.15) is 0 Å². The lowest BCUT2D eigenvalue weighted by Crippen LogP contribution is -2.49. The number of amides is 1. The maximum Gasteiger partial charge on any atom is 0.237 e. The van der Waals surface area contributed by atoms with Crippen LogP contribution in [0.3, 0.4) is 0 Å². The first-order valence-electron chi connectivity index (χ1n) is 5.99. The lowest BCUT2D eigenvalue weighted by molar-refractivity contribution is -0.124. The summed E-state index contributed by atoms with van der Waals surface area (Å²) < 4.78 is 1.14. The Morgan fingerprint density at radius 2 is 2.11 bits per heavy atom. The van der Waals surface area contributed by atoms with Gasteiger partial charge in [0.25, 0.3) is 0 Å². The van der Waals surface area contributed by atoms with E-state index in [-0.39, 0.29) is 17.5 Å². The Morgan fingerprint density at radius 3 is 2.56 bits per heavy atom. The molecule has 18 heavy (non-hydrogen) atoms. The Balaban J connectivity index is 2.46. The van der Waals surface area contributed by atoms with Crippen LogP contribution in [-0.4, -0.2) is 17.5 Å². The van der Waals surface area contributed by atoms with E-state index in [1.165, 1.54) is 9.75 Å². The van der Waals surface area contributed by atoms with Crippen LogP contribution in [0.25, 0.3) is 0 Å². The molecule has 1 aromatic rings. The average Bonchev–Trinajstić information content (AvgIpc) is 2.52. The average molecular weight is 333 g/mol. The van der Waals surface area contributed by atoms with Crippen molar-refractivity contribution < 1.29 is 4.79 Å². The van der Waals surface area contributed by atoms with Crippen LogP contribution in [0.4, 0.5) is 0 Å². The van der Waals surface area contributed by atoms with Crippen LogP contribution < -0.4 is 10.6 Å². The number of rotatable bonds is 4. The molecule has 1 aromatic heterocycles. The molecule has 102 valence electrons. The van der Waals surface area contributed by atoms with Crippen molar-refractivity contribution in [3.05, 3.63) is 20.3 Å². The molecule has 0 saturated heterocycles. The van der Waals surface area contributed by atoms with E-state index in [0.29, 0.717) is 0 Å². The molecule has 1 atom stereocenters. The second kappa shape index (κ2) is 6.17. The standard InChI is InChI=1S/C13H21BrN2OS/c1-8(12(17)16-13(3,4)5)15-7-10-6-11(14)9(2)18-10/h6,8,15H,7H2,1-5H3,(H,16,17). The lowest BCUT2D eigenvalue weighted by atomic mass is 10.1. The minimum Gasteiger partial charge on any atom is -0.350 e. The topological polar surface area (TPSA) is 41.1 Å². The van der Waals surface area contributed by atoms with Crippen LogP contribution >= 0.6 is 27.3 Å². The van der Waals surface area contributed by atoms with Gasteiger partial charge in [0.05, 0.1) is 6.04 Å². The van der Waals surface area contributed by atoms with Crippen LogP contribution in [0.1, 0.15) is 37.4 Å². The summed E-state index contributed by atoms with van der Waals surface area (Å²) in [5.74, 6) is 0.0369. The highest BCUT2D eigenvalue weighted by Gasteiger charge is 2.18. The van der Waals surface area contributed by atoms with Crippen molar-refractivity contribution in [1.29, 1.82) is 0 Å². The zero-order chi connectivity index (χ0) is 13.9. The highest BCUT2D eigenvalue weighted by atomic mass is 79.9. The van der Waals surface area contributed by atoms with Crippen molar-refractivity contribution in [2.75, 3.05) is 0 Å².